The molecule has 0 aliphatic heterocycles. The third-order valence-electron chi connectivity index (χ3n) is 4.57. The number of hydrogen-bond donors (Lipinski definition) is 4. The van der Waals surface area contributed by atoms with Crippen LogP contribution in [0.3, 0.4) is 0 Å². The number of benzene rings is 1. The van der Waals surface area contributed by atoms with Crippen molar-refractivity contribution in [2.75, 3.05) is 43.4 Å². The summed E-state index contributed by atoms with van der Waals surface area (Å²) in [6.07, 6.45) is 2.71. The Morgan fingerprint density at radius 3 is 2.24 bits per heavy atom. The van der Waals surface area contributed by atoms with Crippen molar-refractivity contribution in [2.24, 2.45) is 0 Å². The third kappa shape index (κ3) is 8.11. The molecule has 1 aromatic heterocycles. The van der Waals surface area contributed by atoms with Crippen molar-refractivity contribution in [2.45, 2.75) is 30.2 Å². The van der Waals surface area contributed by atoms with Crippen LogP contribution in [0.4, 0.5) is 23.3 Å². The maximum Gasteiger partial charge on any atom is 0.500 e. The van der Waals surface area contributed by atoms with Gasteiger partial charge >= 0.3 is 8.80 Å². The lowest BCUT2D eigenvalue weighted by Gasteiger charge is -2.24. The molecule has 0 aliphatic carbocycles. The fourth-order valence-corrected chi connectivity index (χ4v) is 6.02. The predicted molar refractivity (Wildman–Crippen MR) is 127 cm³/mol. The molecule has 17 heteroatoms. The summed E-state index contributed by atoms with van der Waals surface area (Å²) in [7, 11) is -6.38. The van der Waals surface area contributed by atoms with Crippen molar-refractivity contribution >= 4 is 52.2 Å². The van der Waals surface area contributed by atoms with Crippen LogP contribution in [-0.2, 0) is 39.8 Å². The van der Waals surface area contributed by atoms with Crippen molar-refractivity contribution in [3.8, 4) is 0 Å². The number of nitrogens with one attached hydrogen (secondary N) is 2. The molecule has 0 atom stereocenters. The minimum Gasteiger partial charge on any atom is -0.377 e. The molecule has 0 unspecified atom stereocenters. The van der Waals surface area contributed by atoms with Gasteiger partial charge in [0.05, 0.1) is 17.6 Å². The minimum absolute atomic E-state index is 0.0572. The standard InChI is InChI=1S/C17H28N6O8S2Si/c1-29-34(30-2,31-3)10-6-5-7-15-20-16(18)22-17(21-15)19-13-11-12(23-32(4,24)25)8-9-14(13)33(26,27)28/h8-9,11,23H,5-7,10H2,1-4H3,(H,26,27,28)(H3,18,19,20,21,22). The van der Waals surface area contributed by atoms with Gasteiger partial charge in [-0.1, -0.05) is 0 Å². The van der Waals surface area contributed by atoms with Crippen LogP contribution < -0.4 is 15.8 Å². The van der Waals surface area contributed by atoms with Crippen LogP contribution in [-0.4, -0.2) is 72.7 Å². The van der Waals surface area contributed by atoms with Crippen LogP contribution in [0, 0.1) is 0 Å². The Hall–Kier alpha value is -2.41. The van der Waals surface area contributed by atoms with E-state index in [2.05, 4.69) is 25.0 Å². The number of hydrogen-bond acceptors (Lipinski definition) is 12. The molecule has 0 aliphatic rings. The van der Waals surface area contributed by atoms with Gasteiger partial charge in [0, 0.05) is 33.8 Å². The quantitative estimate of drug-likeness (QED) is 0.160. The van der Waals surface area contributed by atoms with Gasteiger partial charge < -0.3 is 24.3 Å². The van der Waals surface area contributed by atoms with Gasteiger partial charge in [-0.15, -0.1) is 0 Å². The molecule has 14 nitrogen and oxygen atoms in total. The molecule has 34 heavy (non-hydrogen) atoms. The number of anilines is 4. The van der Waals surface area contributed by atoms with Crippen LogP contribution in [0.2, 0.25) is 6.04 Å². The van der Waals surface area contributed by atoms with Gasteiger partial charge in [-0.3, -0.25) is 9.27 Å². The van der Waals surface area contributed by atoms with Crippen LogP contribution in [0.5, 0.6) is 0 Å². The fourth-order valence-electron chi connectivity index (χ4n) is 3.04. The van der Waals surface area contributed by atoms with Crippen molar-refractivity contribution in [1.29, 1.82) is 0 Å². The van der Waals surface area contributed by atoms with Crippen molar-refractivity contribution < 1.29 is 34.7 Å². The highest BCUT2D eigenvalue weighted by molar-refractivity contribution is 7.92. The lowest BCUT2D eigenvalue weighted by Crippen LogP contribution is -2.42. The van der Waals surface area contributed by atoms with E-state index in [0.29, 0.717) is 31.1 Å². The van der Waals surface area contributed by atoms with Gasteiger partial charge in [0.15, 0.2) is 0 Å². The molecule has 2 rings (SSSR count). The fraction of sp³-hybridized carbons (Fsp3) is 0.471. The van der Waals surface area contributed by atoms with Gasteiger partial charge in [-0.2, -0.15) is 23.4 Å². The second kappa shape index (κ2) is 11.3. The van der Waals surface area contributed by atoms with Gasteiger partial charge in [0.2, 0.25) is 21.9 Å². The zero-order valence-electron chi connectivity index (χ0n) is 19.1. The van der Waals surface area contributed by atoms with Gasteiger partial charge in [0.25, 0.3) is 10.1 Å². The normalized spacial score (nSPS) is 12.5. The van der Waals surface area contributed by atoms with Crippen molar-refractivity contribution in [3.63, 3.8) is 0 Å². The molecule has 5 N–H and O–H groups in total. The molecule has 1 aromatic carbocycles. The Kier molecular flexibility index (Phi) is 9.28. The van der Waals surface area contributed by atoms with Gasteiger partial charge in [-0.05, 0) is 31.0 Å². The first-order chi connectivity index (χ1) is 15.8. The van der Waals surface area contributed by atoms with E-state index in [9.17, 15) is 21.4 Å². The van der Waals surface area contributed by atoms with E-state index in [1.54, 1.807) is 0 Å². The van der Waals surface area contributed by atoms with E-state index in [0.717, 1.165) is 12.3 Å². The maximum absolute atomic E-state index is 11.8. The summed E-state index contributed by atoms with van der Waals surface area (Å²) in [4.78, 5) is 11.8. The van der Waals surface area contributed by atoms with E-state index in [1.165, 1.54) is 33.5 Å². The Bertz CT molecular complexity index is 1200. The number of unbranched alkanes of at least 4 members (excludes halogenated alkanes) is 1. The summed E-state index contributed by atoms with van der Waals surface area (Å²) in [6, 6.07) is 3.98. The average Bonchev–Trinajstić information content (AvgIpc) is 2.72. The highest BCUT2D eigenvalue weighted by Crippen LogP contribution is 2.28. The molecule has 1 heterocycles. The monoisotopic (exact) mass is 536 g/mol. The van der Waals surface area contributed by atoms with Crippen molar-refractivity contribution in [1.82, 2.24) is 15.0 Å². The number of nitrogens with zero attached hydrogens (tertiary/aromatic N) is 3. The first-order valence-electron chi connectivity index (χ1n) is 9.83. The van der Waals surface area contributed by atoms with Gasteiger partial charge in [0.1, 0.15) is 10.7 Å². The third-order valence-corrected chi connectivity index (χ3v) is 8.92. The highest BCUT2D eigenvalue weighted by atomic mass is 32.2. The van der Waals surface area contributed by atoms with Crippen LogP contribution in [0.1, 0.15) is 18.7 Å². The zero-order valence-corrected chi connectivity index (χ0v) is 21.7. The molecule has 0 spiro atoms. The van der Waals surface area contributed by atoms with E-state index in [4.69, 9.17) is 19.0 Å². The second-order valence-corrected chi connectivity index (χ2v) is 13.4. The largest absolute Gasteiger partial charge is 0.500 e. The molecule has 2 aromatic rings. The molecule has 0 bridgehead atoms. The minimum atomic E-state index is -4.65. The van der Waals surface area contributed by atoms with E-state index < -0.39 is 33.8 Å². The highest BCUT2D eigenvalue weighted by Gasteiger charge is 2.36. The molecule has 0 saturated heterocycles. The SMILES string of the molecule is CO[Si](CCCCc1nc(N)nc(Nc2cc(NS(C)(=O)=O)ccc2S(=O)(=O)O)n1)(OC)OC. The summed E-state index contributed by atoms with van der Waals surface area (Å²) >= 11 is 0. The summed E-state index contributed by atoms with van der Waals surface area (Å²) in [6.45, 7) is 0. The first kappa shape index (κ1) is 27.8. The molecular formula is C17H28N6O8S2Si. The molecule has 0 saturated carbocycles. The van der Waals surface area contributed by atoms with Crippen molar-refractivity contribution in [3.05, 3.63) is 24.0 Å². The summed E-state index contributed by atoms with van der Waals surface area (Å²) in [5, 5.41) is 2.66. The van der Waals surface area contributed by atoms with E-state index in [1.807, 2.05) is 0 Å². The van der Waals surface area contributed by atoms with Crippen LogP contribution in [0.25, 0.3) is 0 Å². The number of sulfonamides is 1. The Morgan fingerprint density at radius 2 is 1.68 bits per heavy atom. The lowest BCUT2D eigenvalue weighted by molar-refractivity contribution is 0.123. The summed E-state index contributed by atoms with van der Waals surface area (Å²) in [5.74, 6) is 0.146. The lowest BCUT2D eigenvalue weighted by atomic mass is 10.2. The van der Waals surface area contributed by atoms with E-state index >= 15 is 0 Å². The topological polar surface area (TPSA) is 205 Å². The molecular weight excluding hydrogens is 508 g/mol. The average molecular weight is 537 g/mol. The smallest absolute Gasteiger partial charge is 0.377 e. The second-order valence-electron chi connectivity index (χ2n) is 7.12. The number of nitrogen functional groups attached to an aromatic ring is 1. The number of aromatic nitrogens is 3. The summed E-state index contributed by atoms with van der Waals surface area (Å²) < 4.78 is 74.5. The molecule has 0 fully saturated rings. The molecule has 0 radical (unpaired) electrons. The Morgan fingerprint density at radius 1 is 1.03 bits per heavy atom. The molecule has 0 amide bonds. The first-order valence-corrected chi connectivity index (χ1v) is 15.1. The summed E-state index contributed by atoms with van der Waals surface area (Å²) in [5.41, 5.74) is 5.67. The molecule has 190 valence electrons. The number of nitrogens with two attached hydrogens (primary N) is 1. The predicted octanol–water partition coefficient (Wildman–Crippen LogP) is 1.02. The maximum atomic E-state index is 11.8. The Labute approximate surface area is 199 Å². The van der Waals surface area contributed by atoms with Crippen LogP contribution >= 0.6 is 0 Å². The van der Waals surface area contributed by atoms with Gasteiger partial charge in [-0.25, -0.2) is 8.42 Å². The number of rotatable bonds is 13. The van der Waals surface area contributed by atoms with Crippen LogP contribution in [0.15, 0.2) is 23.1 Å². The zero-order chi connectivity index (χ0) is 25.6. The Balaban J connectivity index is 2.23. The van der Waals surface area contributed by atoms with E-state index in [-0.39, 0.29) is 23.3 Å². The number of aryl methyl sites for hydroxylation is 1.